The SMILES string of the molecule is O=c1[nH]c(N/N=C/c2ccc(Cl)cc2)nc2c1C1(CCCCC1)Cc1ccccc1-2. The summed E-state index contributed by atoms with van der Waals surface area (Å²) < 4.78 is 0. The average molecular weight is 419 g/mol. The number of nitrogens with zero attached hydrogens (tertiary/aromatic N) is 2. The predicted octanol–water partition coefficient (Wildman–Crippen LogP) is 5.29. The van der Waals surface area contributed by atoms with Crippen LogP contribution in [0.3, 0.4) is 0 Å². The number of anilines is 1. The highest BCUT2D eigenvalue weighted by atomic mass is 35.5. The van der Waals surface area contributed by atoms with Gasteiger partial charge in [0.2, 0.25) is 5.95 Å². The first kappa shape index (κ1) is 19.1. The third kappa shape index (κ3) is 3.43. The van der Waals surface area contributed by atoms with Crippen molar-refractivity contribution in [3.05, 3.63) is 80.6 Å². The molecule has 5 nitrogen and oxygen atoms in total. The maximum absolute atomic E-state index is 13.2. The molecule has 1 spiro atoms. The molecule has 30 heavy (non-hydrogen) atoms. The van der Waals surface area contributed by atoms with Crippen molar-refractivity contribution in [3.63, 3.8) is 0 Å². The van der Waals surface area contributed by atoms with Crippen LogP contribution in [0.25, 0.3) is 11.3 Å². The summed E-state index contributed by atoms with van der Waals surface area (Å²) >= 11 is 5.92. The van der Waals surface area contributed by atoms with E-state index >= 15 is 0 Å². The normalized spacial score (nSPS) is 17.0. The Labute approximate surface area is 180 Å². The molecule has 0 aliphatic heterocycles. The largest absolute Gasteiger partial charge is 0.291 e. The average Bonchev–Trinajstić information content (AvgIpc) is 2.75. The van der Waals surface area contributed by atoms with E-state index in [0.29, 0.717) is 11.0 Å². The molecule has 2 aliphatic carbocycles. The smallest absolute Gasteiger partial charge is 0.256 e. The van der Waals surface area contributed by atoms with E-state index < -0.39 is 0 Å². The van der Waals surface area contributed by atoms with Crippen LogP contribution in [0, 0.1) is 0 Å². The van der Waals surface area contributed by atoms with Crippen molar-refractivity contribution in [2.75, 3.05) is 5.43 Å². The molecule has 3 aromatic rings. The predicted molar refractivity (Wildman–Crippen MR) is 121 cm³/mol. The minimum Gasteiger partial charge on any atom is -0.291 e. The number of aromatic amines is 1. The number of nitrogens with one attached hydrogen (secondary N) is 2. The van der Waals surface area contributed by atoms with Crippen LogP contribution in [0.5, 0.6) is 0 Å². The monoisotopic (exact) mass is 418 g/mol. The molecule has 1 fully saturated rings. The Morgan fingerprint density at radius 3 is 2.63 bits per heavy atom. The highest BCUT2D eigenvalue weighted by Gasteiger charge is 2.42. The zero-order valence-corrected chi connectivity index (χ0v) is 17.4. The highest BCUT2D eigenvalue weighted by molar-refractivity contribution is 6.30. The molecule has 2 N–H and O–H groups in total. The van der Waals surface area contributed by atoms with E-state index in [1.807, 2.05) is 30.3 Å². The van der Waals surface area contributed by atoms with Gasteiger partial charge in [-0.05, 0) is 42.5 Å². The number of hydrogen-bond donors (Lipinski definition) is 2. The van der Waals surface area contributed by atoms with Crippen molar-refractivity contribution >= 4 is 23.8 Å². The van der Waals surface area contributed by atoms with Crippen LogP contribution < -0.4 is 11.0 Å². The first-order valence-electron chi connectivity index (χ1n) is 10.4. The van der Waals surface area contributed by atoms with Gasteiger partial charge >= 0.3 is 0 Å². The molecule has 0 unspecified atom stereocenters. The molecule has 2 aromatic carbocycles. The Morgan fingerprint density at radius 2 is 1.83 bits per heavy atom. The molecule has 1 aromatic heterocycles. The Hall–Kier alpha value is -2.92. The number of fused-ring (bicyclic) bond motifs is 4. The van der Waals surface area contributed by atoms with Crippen molar-refractivity contribution in [2.45, 2.75) is 43.9 Å². The summed E-state index contributed by atoms with van der Waals surface area (Å²) in [6.07, 6.45) is 8.23. The molecule has 152 valence electrons. The molecule has 6 heteroatoms. The van der Waals surface area contributed by atoms with Crippen LogP contribution in [0.1, 0.15) is 48.8 Å². The number of aromatic nitrogens is 2. The second-order valence-corrected chi connectivity index (χ2v) is 8.67. The number of benzene rings is 2. The number of halogens is 1. The van der Waals surface area contributed by atoms with Gasteiger partial charge in [-0.15, -0.1) is 0 Å². The van der Waals surface area contributed by atoms with E-state index in [1.54, 1.807) is 6.21 Å². The van der Waals surface area contributed by atoms with Crippen molar-refractivity contribution in [3.8, 4) is 11.3 Å². The third-order valence-corrected chi connectivity index (χ3v) is 6.57. The van der Waals surface area contributed by atoms with Gasteiger partial charge in [-0.25, -0.2) is 10.4 Å². The lowest BCUT2D eigenvalue weighted by Gasteiger charge is -2.41. The van der Waals surface area contributed by atoms with Crippen molar-refractivity contribution in [1.82, 2.24) is 9.97 Å². The summed E-state index contributed by atoms with van der Waals surface area (Å²) in [6, 6.07) is 15.7. The van der Waals surface area contributed by atoms with Crippen LogP contribution in [0.4, 0.5) is 5.95 Å². The van der Waals surface area contributed by atoms with Crippen molar-refractivity contribution < 1.29 is 0 Å². The molecule has 0 saturated heterocycles. The number of hydrogen-bond acceptors (Lipinski definition) is 4. The minimum absolute atomic E-state index is 0.0550. The van der Waals surface area contributed by atoms with Gasteiger partial charge < -0.3 is 0 Å². The lowest BCUT2D eigenvalue weighted by molar-refractivity contribution is 0.285. The maximum atomic E-state index is 13.2. The first-order chi connectivity index (χ1) is 14.6. The van der Waals surface area contributed by atoms with E-state index in [9.17, 15) is 4.79 Å². The third-order valence-electron chi connectivity index (χ3n) is 6.32. The first-order valence-corrected chi connectivity index (χ1v) is 10.8. The van der Waals surface area contributed by atoms with E-state index in [2.05, 4.69) is 33.7 Å². The lowest BCUT2D eigenvalue weighted by atomic mass is 9.62. The van der Waals surface area contributed by atoms with Crippen molar-refractivity contribution in [1.29, 1.82) is 0 Å². The van der Waals surface area contributed by atoms with Crippen LogP contribution in [0.2, 0.25) is 5.02 Å². The van der Waals surface area contributed by atoms with Gasteiger partial charge in [-0.3, -0.25) is 9.78 Å². The molecule has 0 bridgehead atoms. The minimum atomic E-state index is -0.104. The summed E-state index contributed by atoms with van der Waals surface area (Å²) in [5.74, 6) is 0.353. The fourth-order valence-corrected chi connectivity index (χ4v) is 5.07. The molecule has 1 heterocycles. The van der Waals surface area contributed by atoms with Crippen LogP contribution in [0.15, 0.2) is 58.4 Å². The van der Waals surface area contributed by atoms with Gasteiger partial charge in [-0.2, -0.15) is 5.10 Å². The number of rotatable bonds is 3. The summed E-state index contributed by atoms with van der Waals surface area (Å²) in [4.78, 5) is 21.0. The molecule has 0 atom stereocenters. The summed E-state index contributed by atoms with van der Waals surface area (Å²) in [5.41, 5.74) is 7.62. The molecule has 2 aliphatic rings. The van der Waals surface area contributed by atoms with Gasteiger partial charge in [0.15, 0.2) is 0 Å². The van der Waals surface area contributed by atoms with Crippen LogP contribution in [-0.2, 0) is 11.8 Å². The fourth-order valence-electron chi connectivity index (χ4n) is 4.94. The van der Waals surface area contributed by atoms with Gasteiger partial charge in [0.25, 0.3) is 5.56 Å². The second kappa shape index (κ2) is 7.73. The summed E-state index contributed by atoms with van der Waals surface area (Å²) in [6.45, 7) is 0. The lowest BCUT2D eigenvalue weighted by Crippen LogP contribution is -2.40. The molecule has 5 rings (SSSR count). The Balaban J connectivity index is 1.53. The molecular weight excluding hydrogens is 396 g/mol. The number of hydrazone groups is 1. The highest BCUT2D eigenvalue weighted by Crippen LogP contribution is 2.48. The molecule has 0 amide bonds. The standard InChI is InChI=1S/C24H23ClN4O/c25-18-10-8-16(9-11-18)15-26-29-23-27-21-19-7-3-2-6-17(19)14-24(12-4-1-5-13-24)20(21)22(30)28-23/h2-3,6-11,15H,1,4-5,12-14H2,(H2,27,28,29,30)/b26-15+. The molecule has 0 radical (unpaired) electrons. The Kier molecular flexibility index (Phi) is 4.91. The van der Waals surface area contributed by atoms with E-state index in [0.717, 1.165) is 54.5 Å². The van der Waals surface area contributed by atoms with Crippen LogP contribution >= 0.6 is 11.6 Å². The van der Waals surface area contributed by atoms with Gasteiger partial charge in [0.05, 0.1) is 17.5 Å². The van der Waals surface area contributed by atoms with E-state index in [4.69, 9.17) is 16.6 Å². The Bertz CT molecular complexity index is 1160. The topological polar surface area (TPSA) is 70.1 Å². The molecular formula is C24H23ClN4O. The van der Waals surface area contributed by atoms with Gasteiger partial charge in [-0.1, -0.05) is 67.3 Å². The van der Waals surface area contributed by atoms with E-state index in [1.165, 1.54) is 12.0 Å². The Morgan fingerprint density at radius 1 is 1.07 bits per heavy atom. The quantitative estimate of drug-likeness (QED) is 0.448. The summed E-state index contributed by atoms with van der Waals surface area (Å²) in [7, 11) is 0. The van der Waals surface area contributed by atoms with Crippen molar-refractivity contribution in [2.24, 2.45) is 5.10 Å². The fraction of sp³-hybridized carbons (Fsp3) is 0.292. The van der Waals surface area contributed by atoms with Gasteiger partial charge in [0.1, 0.15) is 0 Å². The van der Waals surface area contributed by atoms with Gasteiger partial charge in [0, 0.05) is 16.0 Å². The zero-order chi connectivity index (χ0) is 20.6. The van der Waals surface area contributed by atoms with Crippen LogP contribution in [-0.4, -0.2) is 16.2 Å². The van der Waals surface area contributed by atoms with E-state index in [-0.39, 0.29) is 11.0 Å². The zero-order valence-electron chi connectivity index (χ0n) is 16.6. The second-order valence-electron chi connectivity index (χ2n) is 8.23. The maximum Gasteiger partial charge on any atom is 0.256 e. The summed E-state index contributed by atoms with van der Waals surface area (Å²) in [5, 5.41) is 4.92. The number of H-pyrrole nitrogens is 1. The molecule has 1 saturated carbocycles.